The molecule has 0 spiro atoms. The molecule has 0 amide bonds. The number of ether oxygens (including phenoxy) is 1. The van der Waals surface area contributed by atoms with E-state index in [1.54, 1.807) is 7.11 Å². The summed E-state index contributed by atoms with van der Waals surface area (Å²) in [5.74, 6) is 0.762. The van der Waals surface area contributed by atoms with Crippen LogP contribution in [0, 0.1) is 0 Å². The van der Waals surface area contributed by atoms with Gasteiger partial charge in [-0.25, -0.2) is 0 Å². The van der Waals surface area contributed by atoms with Crippen molar-refractivity contribution in [1.29, 1.82) is 0 Å². The van der Waals surface area contributed by atoms with Crippen LogP contribution in [0.3, 0.4) is 0 Å². The van der Waals surface area contributed by atoms with E-state index in [0.29, 0.717) is 6.54 Å². The standard InChI is InChI=1S/C18H23NO2/c1-3-7-14-8-4-5-11-17(14)19-13-18(20)15-9-6-10-16(12-15)21-2/h4-6,8-12,18-20H,3,7,13H2,1-2H3. The molecule has 21 heavy (non-hydrogen) atoms. The maximum atomic E-state index is 10.3. The predicted molar refractivity (Wildman–Crippen MR) is 86.9 cm³/mol. The lowest BCUT2D eigenvalue weighted by Crippen LogP contribution is -2.13. The number of aryl methyl sites for hydroxylation is 1. The highest BCUT2D eigenvalue weighted by Gasteiger charge is 2.09. The van der Waals surface area contributed by atoms with E-state index in [-0.39, 0.29) is 0 Å². The molecule has 0 saturated heterocycles. The third-order valence-electron chi connectivity index (χ3n) is 3.50. The van der Waals surface area contributed by atoms with Gasteiger partial charge in [-0.15, -0.1) is 0 Å². The molecule has 3 nitrogen and oxygen atoms in total. The number of hydrogen-bond acceptors (Lipinski definition) is 3. The maximum absolute atomic E-state index is 10.3. The first-order valence-corrected chi connectivity index (χ1v) is 7.38. The third-order valence-corrected chi connectivity index (χ3v) is 3.50. The molecule has 0 radical (unpaired) electrons. The van der Waals surface area contributed by atoms with Crippen LogP contribution < -0.4 is 10.1 Å². The molecular formula is C18H23NO2. The van der Waals surface area contributed by atoms with E-state index in [4.69, 9.17) is 4.74 Å². The average Bonchev–Trinajstić information content (AvgIpc) is 2.54. The molecule has 1 atom stereocenters. The second-order valence-electron chi connectivity index (χ2n) is 5.08. The van der Waals surface area contributed by atoms with E-state index < -0.39 is 6.10 Å². The Morgan fingerprint density at radius 1 is 1.14 bits per heavy atom. The molecule has 3 heteroatoms. The van der Waals surface area contributed by atoms with Crippen molar-refractivity contribution in [2.45, 2.75) is 25.9 Å². The van der Waals surface area contributed by atoms with Gasteiger partial charge in [0.15, 0.2) is 0 Å². The van der Waals surface area contributed by atoms with Crippen molar-refractivity contribution >= 4 is 5.69 Å². The van der Waals surface area contributed by atoms with Crippen LogP contribution in [0.1, 0.15) is 30.6 Å². The topological polar surface area (TPSA) is 41.5 Å². The molecule has 0 aliphatic heterocycles. The smallest absolute Gasteiger partial charge is 0.119 e. The molecule has 0 saturated carbocycles. The van der Waals surface area contributed by atoms with Gasteiger partial charge in [-0.3, -0.25) is 0 Å². The van der Waals surface area contributed by atoms with Crippen LogP contribution >= 0.6 is 0 Å². The molecule has 0 aromatic heterocycles. The summed E-state index contributed by atoms with van der Waals surface area (Å²) < 4.78 is 5.19. The van der Waals surface area contributed by atoms with Crippen molar-refractivity contribution in [3.8, 4) is 5.75 Å². The molecule has 2 rings (SSSR count). The summed E-state index contributed by atoms with van der Waals surface area (Å²) in [6.07, 6.45) is 1.59. The lowest BCUT2D eigenvalue weighted by atomic mass is 10.1. The summed E-state index contributed by atoms with van der Waals surface area (Å²) in [4.78, 5) is 0. The van der Waals surface area contributed by atoms with E-state index in [1.807, 2.05) is 30.3 Å². The van der Waals surface area contributed by atoms with Crippen LogP contribution in [-0.2, 0) is 6.42 Å². The van der Waals surface area contributed by atoms with Gasteiger partial charge >= 0.3 is 0 Å². The first-order valence-electron chi connectivity index (χ1n) is 7.38. The van der Waals surface area contributed by atoms with Crippen LogP contribution in [-0.4, -0.2) is 18.8 Å². The number of hydrogen-bond donors (Lipinski definition) is 2. The first-order chi connectivity index (χ1) is 10.2. The molecule has 112 valence electrons. The number of aliphatic hydroxyl groups excluding tert-OH is 1. The fraction of sp³-hybridized carbons (Fsp3) is 0.333. The Bertz CT molecular complexity index is 569. The third kappa shape index (κ3) is 4.23. The normalized spacial score (nSPS) is 12.0. The fourth-order valence-electron chi connectivity index (χ4n) is 2.35. The zero-order valence-electron chi connectivity index (χ0n) is 12.7. The number of para-hydroxylation sites is 1. The van der Waals surface area contributed by atoms with Crippen molar-refractivity contribution in [1.82, 2.24) is 0 Å². The molecule has 2 aromatic rings. The second kappa shape index (κ2) is 7.70. The fourth-order valence-corrected chi connectivity index (χ4v) is 2.35. The lowest BCUT2D eigenvalue weighted by Gasteiger charge is -2.16. The van der Waals surface area contributed by atoms with Crippen molar-refractivity contribution < 1.29 is 9.84 Å². The second-order valence-corrected chi connectivity index (χ2v) is 5.08. The Morgan fingerprint density at radius 3 is 2.71 bits per heavy atom. The first kappa shape index (κ1) is 15.4. The van der Waals surface area contributed by atoms with Crippen LogP contribution in [0.4, 0.5) is 5.69 Å². The zero-order chi connectivity index (χ0) is 15.1. The Balaban J connectivity index is 2.02. The SMILES string of the molecule is CCCc1ccccc1NCC(O)c1cccc(OC)c1. The lowest BCUT2D eigenvalue weighted by molar-refractivity contribution is 0.191. The van der Waals surface area contributed by atoms with Crippen LogP contribution in [0.2, 0.25) is 0 Å². The van der Waals surface area contributed by atoms with Crippen molar-refractivity contribution in [3.63, 3.8) is 0 Å². The summed E-state index contributed by atoms with van der Waals surface area (Å²) in [6, 6.07) is 15.8. The Morgan fingerprint density at radius 2 is 1.95 bits per heavy atom. The van der Waals surface area contributed by atoms with Gasteiger partial charge in [0.1, 0.15) is 5.75 Å². The van der Waals surface area contributed by atoms with E-state index >= 15 is 0 Å². The molecule has 1 unspecified atom stereocenters. The van der Waals surface area contributed by atoms with Gasteiger partial charge < -0.3 is 15.2 Å². The highest BCUT2D eigenvalue weighted by molar-refractivity contribution is 5.51. The van der Waals surface area contributed by atoms with Crippen molar-refractivity contribution in [2.24, 2.45) is 0 Å². The van der Waals surface area contributed by atoms with Gasteiger partial charge in [-0.05, 0) is 35.7 Å². The number of methoxy groups -OCH3 is 1. The summed E-state index contributed by atoms with van der Waals surface area (Å²) in [5, 5.41) is 13.6. The van der Waals surface area contributed by atoms with Gasteiger partial charge in [0.2, 0.25) is 0 Å². The minimum Gasteiger partial charge on any atom is -0.497 e. The summed E-state index contributed by atoms with van der Waals surface area (Å²) >= 11 is 0. The van der Waals surface area contributed by atoms with Crippen LogP contribution in [0.5, 0.6) is 5.75 Å². The van der Waals surface area contributed by atoms with Crippen LogP contribution in [0.15, 0.2) is 48.5 Å². The molecule has 2 N–H and O–H groups in total. The van der Waals surface area contributed by atoms with Crippen molar-refractivity contribution in [2.75, 3.05) is 19.0 Å². The molecule has 0 fully saturated rings. The van der Waals surface area contributed by atoms with Gasteiger partial charge in [0.25, 0.3) is 0 Å². The van der Waals surface area contributed by atoms with Gasteiger partial charge in [0.05, 0.1) is 13.2 Å². The molecule has 0 aliphatic carbocycles. The molecular weight excluding hydrogens is 262 g/mol. The number of aliphatic hydroxyl groups is 1. The highest BCUT2D eigenvalue weighted by atomic mass is 16.5. The van der Waals surface area contributed by atoms with E-state index in [9.17, 15) is 5.11 Å². The van der Waals surface area contributed by atoms with Gasteiger partial charge in [-0.2, -0.15) is 0 Å². The summed E-state index contributed by atoms with van der Waals surface area (Å²) in [5.41, 5.74) is 3.24. The summed E-state index contributed by atoms with van der Waals surface area (Å²) in [6.45, 7) is 2.65. The number of nitrogens with one attached hydrogen (secondary N) is 1. The molecule has 0 heterocycles. The quantitative estimate of drug-likeness (QED) is 0.813. The Labute approximate surface area is 126 Å². The highest BCUT2D eigenvalue weighted by Crippen LogP contribution is 2.21. The molecule has 0 aliphatic rings. The molecule has 2 aromatic carbocycles. The predicted octanol–water partition coefficient (Wildman–Crippen LogP) is 3.79. The van der Waals surface area contributed by atoms with Gasteiger partial charge in [-0.1, -0.05) is 43.7 Å². The van der Waals surface area contributed by atoms with Crippen molar-refractivity contribution in [3.05, 3.63) is 59.7 Å². The number of anilines is 1. The number of rotatable bonds is 7. The maximum Gasteiger partial charge on any atom is 0.119 e. The largest absolute Gasteiger partial charge is 0.497 e. The zero-order valence-corrected chi connectivity index (χ0v) is 12.7. The molecule has 0 bridgehead atoms. The Kier molecular flexibility index (Phi) is 5.64. The minimum atomic E-state index is -0.560. The Hall–Kier alpha value is -2.00. The monoisotopic (exact) mass is 285 g/mol. The average molecular weight is 285 g/mol. The summed E-state index contributed by atoms with van der Waals surface area (Å²) in [7, 11) is 1.63. The van der Waals surface area contributed by atoms with E-state index in [2.05, 4.69) is 30.4 Å². The van der Waals surface area contributed by atoms with E-state index in [0.717, 1.165) is 29.8 Å². The number of benzene rings is 2. The van der Waals surface area contributed by atoms with E-state index in [1.165, 1.54) is 5.56 Å². The minimum absolute atomic E-state index is 0.480. The van der Waals surface area contributed by atoms with Gasteiger partial charge in [0, 0.05) is 12.2 Å². The van der Waals surface area contributed by atoms with Crippen LogP contribution in [0.25, 0.3) is 0 Å².